The molecule has 0 bridgehead atoms. The van der Waals surface area contributed by atoms with Crippen LogP contribution in [0.15, 0.2) is 81.3 Å². The molecule has 0 atom stereocenters. The summed E-state index contributed by atoms with van der Waals surface area (Å²) in [7, 11) is 0. The number of hydrazine groups is 1. The second kappa shape index (κ2) is 11.2. The zero-order valence-electron chi connectivity index (χ0n) is 28.2. The molecule has 8 heteroatoms. The molecule has 2 aliphatic heterocycles. The molecule has 0 aliphatic carbocycles. The zero-order chi connectivity index (χ0) is 32.9. The monoisotopic (exact) mass is 588 g/mol. The first-order chi connectivity index (χ1) is 19.6. The van der Waals surface area contributed by atoms with Gasteiger partial charge in [0.1, 0.15) is 11.9 Å². The Morgan fingerprint density at radius 3 is 1.79 bits per heavy atom. The van der Waals surface area contributed by atoms with Gasteiger partial charge in [-0.1, -0.05) is 58.2 Å². The average molecular weight is 589 g/mol. The molecule has 0 saturated carbocycles. The second-order valence-electron chi connectivity index (χ2n) is 15.6. The Labute approximate surface area is 260 Å². The van der Waals surface area contributed by atoms with Gasteiger partial charge in [0.25, 0.3) is 0 Å². The first-order valence-electron chi connectivity index (χ1n) is 15.1. The summed E-state index contributed by atoms with van der Waals surface area (Å²) < 4.78 is 0. The molecule has 1 aromatic rings. The Morgan fingerprint density at radius 2 is 1.37 bits per heavy atom. The minimum absolute atomic E-state index is 0.0913. The van der Waals surface area contributed by atoms with E-state index in [2.05, 4.69) is 133 Å². The molecule has 2 aliphatic rings. The maximum Gasteiger partial charge on any atom is 0.226 e. The molecule has 236 valence electrons. The average Bonchev–Trinajstić information content (AvgIpc) is 2.85. The molecule has 2 saturated heterocycles. The van der Waals surface area contributed by atoms with Crippen LogP contribution in [0.2, 0.25) is 0 Å². The highest BCUT2D eigenvalue weighted by Gasteiger charge is 2.62. The lowest BCUT2D eigenvalue weighted by molar-refractivity contribution is -0.00633. The molecule has 3 heterocycles. The van der Waals surface area contributed by atoms with Crippen LogP contribution in [-0.4, -0.2) is 53.7 Å². The number of anilines is 1. The highest BCUT2D eigenvalue weighted by Crippen LogP contribution is 2.53. The van der Waals surface area contributed by atoms with Gasteiger partial charge < -0.3 is 16.4 Å². The number of rotatable bonds is 10. The molecule has 2 fully saturated rings. The molecule has 43 heavy (non-hydrogen) atoms. The van der Waals surface area contributed by atoms with Gasteiger partial charge in [-0.3, -0.25) is 0 Å². The number of hydrogen-bond donors (Lipinski definition) is 4. The molecule has 0 spiro atoms. The molecule has 5 N–H and O–H groups in total. The molecule has 0 unspecified atom stereocenters. The van der Waals surface area contributed by atoms with E-state index < -0.39 is 16.6 Å². The molecule has 8 nitrogen and oxygen atoms in total. The summed E-state index contributed by atoms with van der Waals surface area (Å²) in [6.07, 6.45) is 11.3. The molecule has 0 amide bonds. The summed E-state index contributed by atoms with van der Waals surface area (Å²) in [6.45, 7) is 45.9. The third-order valence-electron chi connectivity index (χ3n) is 8.75. The highest BCUT2D eigenvalue weighted by atomic mass is 15.6. The van der Waals surface area contributed by atoms with Crippen molar-refractivity contribution < 1.29 is 0 Å². The van der Waals surface area contributed by atoms with Crippen LogP contribution in [0.3, 0.4) is 0 Å². The first-order valence-corrected chi connectivity index (χ1v) is 15.1. The van der Waals surface area contributed by atoms with Gasteiger partial charge >= 0.3 is 0 Å². The Balaban J connectivity index is 2.18. The van der Waals surface area contributed by atoms with Gasteiger partial charge in [0.15, 0.2) is 5.82 Å². The van der Waals surface area contributed by atoms with Crippen molar-refractivity contribution in [3.05, 3.63) is 87.1 Å². The van der Waals surface area contributed by atoms with Crippen molar-refractivity contribution in [2.75, 3.05) is 5.32 Å². The minimum Gasteiger partial charge on any atom is -0.349 e. The van der Waals surface area contributed by atoms with Gasteiger partial charge in [0, 0.05) is 22.7 Å². The summed E-state index contributed by atoms with van der Waals surface area (Å²) in [4.78, 5) is 13.9. The van der Waals surface area contributed by atoms with Crippen LogP contribution in [-0.2, 0) is 5.54 Å². The van der Waals surface area contributed by atoms with Crippen molar-refractivity contribution in [3.8, 4) is 0 Å². The van der Waals surface area contributed by atoms with E-state index in [4.69, 9.17) is 10.7 Å². The van der Waals surface area contributed by atoms with E-state index in [1.54, 1.807) is 24.3 Å². The van der Waals surface area contributed by atoms with Gasteiger partial charge in [0.05, 0.1) is 11.1 Å². The third-order valence-corrected chi connectivity index (χ3v) is 8.75. The topological polar surface area (TPSA) is 104 Å². The first kappa shape index (κ1) is 34.6. The number of nitrogens with one attached hydrogen (secondary N) is 3. The van der Waals surface area contributed by atoms with E-state index in [9.17, 15) is 0 Å². The fourth-order valence-electron chi connectivity index (χ4n) is 7.71. The molecular weight excluding hydrogens is 532 g/mol. The van der Waals surface area contributed by atoms with E-state index in [1.165, 1.54) is 6.33 Å². The van der Waals surface area contributed by atoms with Crippen LogP contribution >= 0.6 is 0 Å². The molecule has 0 radical (unpaired) electrons. The quantitative estimate of drug-likeness (QED) is 0.243. The predicted molar refractivity (Wildman–Crippen MR) is 181 cm³/mol. The summed E-state index contributed by atoms with van der Waals surface area (Å²) in [5, 5.41) is 9.31. The van der Waals surface area contributed by atoms with E-state index in [0.29, 0.717) is 22.9 Å². The molecule has 0 aromatic carbocycles. The van der Waals surface area contributed by atoms with Crippen LogP contribution in [0.1, 0.15) is 87.4 Å². The SMILES string of the molecule is C=CC1(C=C)C(=C)C(N)(c2ncnc(NC(C)(C)CC(C)(C)C)n2)C(=C)C(C=C)(C=C)N1NC1CC(C)(C)NC(C)(C)C1. The van der Waals surface area contributed by atoms with E-state index in [-0.39, 0.29) is 28.1 Å². The van der Waals surface area contributed by atoms with Crippen LogP contribution in [0.25, 0.3) is 0 Å². The Bertz CT molecular complexity index is 1220. The van der Waals surface area contributed by atoms with Crippen molar-refractivity contribution in [1.29, 1.82) is 0 Å². The van der Waals surface area contributed by atoms with Gasteiger partial charge in [0.2, 0.25) is 5.95 Å². The standard InChI is InChI=1S/C35H56N8/c1-16-33(17-2)24(5)35(36,27-37-23-38-28(39-27)40-32(14,15)22-29(7,8)9)25(6)34(18-3,19-4)43(33)41-26-20-30(10,11)42-31(12,13)21-26/h16-19,23,26,41-42H,1-6,20-22,36H2,7-15H3,(H,37,38,39,40). The molecule has 1 aromatic heterocycles. The second-order valence-corrected chi connectivity index (χ2v) is 15.6. The number of hydrogen-bond acceptors (Lipinski definition) is 8. The van der Waals surface area contributed by atoms with E-state index in [1.807, 2.05) is 0 Å². The van der Waals surface area contributed by atoms with Crippen molar-refractivity contribution in [1.82, 2.24) is 30.7 Å². The highest BCUT2D eigenvalue weighted by molar-refractivity contribution is 5.59. The zero-order valence-corrected chi connectivity index (χ0v) is 28.2. The lowest BCUT2D eigenvalue weighted by Crippen LogP contribution is -2.76. The van der Waals surface area contributed by atoms with Crippen molar-refractivity contribution in [2.45, 2.75) is 121 Å². The van der Waals surface area contributed by atoms with Crippen LogP contribution in [0.4, 0.5) is 5.95 Å². The van der Waals surface area contributed by atoms with E-state index >= 15 is 0 Å². The fraction of sp³-hybridized carbons (Fsp3) is 0.571. The van der Waals surface area contributed by atoms with Gasteiger partial charge in [-0.2, -0.15) is 4.98 Å². The maximum atomic E-state index is 7.40. The number of piperidine rings is 2. The number of aromatic nitrogens is 3. The summed E-state index contributed by atoms with van der Waals surface area (Å²) in [6, 6.07) is 0.0914. The molecular formula is C35H56N8. The summed E-state index contributed by atoms with van der Waals surface area (Å²) in [5.41, 5.74) is 8.46. The summed E-state index contributed by atoms with van der Waals surface area (Å²) >= 11 is 0. The number of nitrogens with two attached hydrogens (primary N) is 1. The van der Waals surface area contributed by atoms with Crippen LogP contribution < -0.4 is 21.8 Å². The normalized spacial score (nSPS) is 23.3. The minimum atomic E-state index is -1.41. The lowest BCUT2D eigenvalue weighted by atomic mass is 9.61. The Hall–Kier alpha value is -2.91. The Kier molecular flexibility index (Phi) is 9.02. The van der Waals surface area contributed by atoms with Crippen LogP contribution in [0, 0.1) is 5.41 Å². The van der Waals surface area contributed by atoms with Crippen molar-refractivity contribution in [2.24, 2.45) is 11.1 Å². The van der Waals surface area contributed by atoms with Crippen molar-refractivity contribution in [3.63, 3.8) is 0 Å². The predicted octanol–water partition coefficient (Wildman–Crippen LogP) is 6.12. The van der Waals surface area contributed by atoms with E-state index in [0.717, 1.165) is 19.3 Å². The van der Waals surface area contributed by atoms with Gasteiger partial charge in [-0.05, 0) is 77.4 Å². The van der Waals surface area contributed by atoms with Gasteiger partial charge in [-0.25, -0.2) is 20.4 Å². The third kappa shape index (κ3) is 6.34. The fourth-order valence-corrected chi connectivity index (χ4v) is 7.71. The van der Waals surface area contributed by atoms with Gasteiger partial charge in [-0.15, -0.1) is 26.3 Å². The summed E-state index contributed by atoms with van der Waals surface area (Å²) in [5.74, 6) is 0.742. The van der Waals surface area contributed by atoms with Crippen LogP contribution in [0.5, 0.6) is 0 Å². The lowest BCUT2D eigenvalue weighted by Gasteiger charge is -2.62. The molecule has 3 rings (SSSR count). The van der Waals surface area contributed by atoms with Crippen molar-refractivity contribution >= 4 is 5.95 Å². The Morgan fingerprint density at radius 1 is 0.907 bits per heavy atom. The maximum absolute atomic E-state index is 7.40. The smallest absolute Gasteiger partial charge is 0.226 e. The largest absolute Gasteiger partial charge is 0.349 e. The number of nitrogens with zero attached hydrogens (tertiary/aromatic N) is 4.